The SMILES string of the molecule is COCCOc1cccc(N=[N+]=[N-])c1. The maximum atomic E-state index is 8.22. The quantitative estimate of drug-likeness (QED) is 0.312. The molecular formula is C9H11N3O2. The summed E-state index contributed by atoms with van der Waals surface area (Å²) in [7, 11) is 1.61. The lowest BCUT2D eigenvalue weighted by atomic mass is 10.3. The molecule has 5 heteroatoms. The first-order chi connectivity index (χ1) is 6.86. The van der Waals surface area contributed by atoms with Crippen LogP contribution in [-0.2, 0) is 4.74 Å². The highest BCUT2D eigenvalue weighted by Gasteiger charge is 1.94. The number of azide groups is 1. The summed E-state index contributed by atoms with van der Waals surface area (Å²) >= 11 is 0. The Hall–Kier alpha value is -1.71. The van der Waals surface area contributed by atoms with Crippen molar-refractivity contribution < 1.29 is 9.47 Å². The highest BCUT2D eigenvalue weighted by Crippen LogP contribution is 2.19. The second kappa shape index (κ2) is 5.85. The van der Waals surface area contributed by atoms with Crippen molar-refractivity contribution in [2.75, 3.05) is 20.3 Å². The molecule has 0 aliphatic heterocycles. The van der Waals surface area contributed by atoms with E-state index in [1.54, 1.807) is 31.4 Å². The van der Waals surface area contributed by atoms with Gasteiger partial charge in [-0.2, -0.15) is 0 Å². The van der Waals surface area contributed by atoms with Crippen molar-refractivity contribution in [2.24, 2.45) is 5.11 Å². The molecule has 0 N–H and O–H groups in total. The fourth-order valence-electron chi connectivity index (χ4n) is 0.930. The Kier molecular flexibility index (Phi) is 4.34. The second-order valence-electron chi connectivity index (χ2n) is 2.53. The molecule has 0 atom stereocenters. The molecule has 1 aromatic carbocycles. The van der Waals surface area contributed by atoms with Gasteiger partial charge in [-0.15, -0.1) is 0 Å². The highest BCUT2D eigenvalue weighted by molar-refractivity contribution is 5.42. The number of rotatable bonds is 5. The molecule has 0 spiro atoms. The van der Waals surface area contributed by atoms with E-state index >= 15 is 0 Å². The van der Waals surface area contributed by atoms with Crippen molar-refractivity contribution in [3.05, 3.63) is 34.7 Å². The molecule has 0 aliphatic rings. The molecule has 1 aromatic rings. The summed E-state index contributed by atoms with van der Waals surface area (Å²) in [5.41, 5.74) is 8.77. The number of benzene rings is 1. The molecule has 0 aliphatic carbocycles. The third-order valence-electron chi connectivity index (χ3n) is 1.53. The summed E-state index contributed by atoms with van der Waals surface area (Å²) in [5, 5.41) is 3.46. The fraction of sp³-hybridized carbons (Fsp3) is 0.333. The van der Waals surface area contributed by atoms with E-state index in [9.17, 15) is 0 Å². The summed E-state index contributed by atoms with van der Waals surface area (Å²) < 4.78 is 10.2. The van der Waals surface area contributed by atoms with E-state index < -0.39 is 0 Å². The van der Waals surface area contributed by atoms with Gasteiger partial charge >= 0.3 is 0 Å². The minimum Gasteiger partial charge on any atom is -0.491 e. The maximum absolute atomic E-state index is 8.22. The van der Waals surface area contributed by atoms with Gasteiger partial charge in [-0.05, 0) is 17.7 Å². The summed E-state index contributed by atoms with van der Waals surface area (Å²) in [6.45, 7) is 1.02. The minimum atomic E-state index is 0.482. The lowest BCUT2D eigenvalue weighted by molar-refractivity contribution is 0.146. The van der Waals surface area contributed by atoms with E-state index in [0.717, 1.165) is 0 Å². The summed E-state index contributed by atoms with van der Waals surface area (Å²) in [5.74, 6) is 0.673. The average Bonchev–Trinajstić information content (AvgIpc) is 2.19. The van der Waals surface area contributed by atoms with E-state index in [1.807, 2.05) is 0 Å². The molecule has 5 nitrogen and oxygen atoms in total. The zero-order chi connectivity index (χ0) is 10.2. The van der Waals surface area contributed by atoms with Crippen LogP contribution in [0.2, 0.25) is 0 Å². The molecule has 74 valence electrons. The Balaban J connectivity index is 2.59. The van der Waals surface area contributed by atoms with Crippen LogP contribution >= 0.6 is 0 Å². The topological polar surface area (TPSA) is 67.2 Å². The summed E-state index contributed by atoms with van der Waals surface area (Å²) in [6, 6.07) is 6.95. The Morgan fingerprint density at radius 2 is 2.29 bits per heavy atom. The number of methoxy groups -OCH3 is 1. The molecule has 0 saturated carbocycles. The van der Waals surface area contributed by atoms with Crippen molar-refractivity contribution in [1.82, 2.24) is 0 Å². The van der Waals surface area contributed by atoms with Gasteiger partial charge in [-0.3, -0.25) is 0 Å². The molecule has 0 saturated heterocycles. The Morgan fingerprint density at radius 1 is 1.43 bits per heavy atom. The first-order valence-corrected chi connectivity index (χ1v) is 4.13. The zero-order valence-electron chi connectivity index (χ0n) is 7.88. The molecule has 0 radical (unpaired) electrons. The smallest absolute Gasteiger partial charge is 0.119 e. The summed E-state index contributed by atoms with van der Waals surface area (Å²) in [6.07, 6.45) is 0. The predicted octanol–water partition coefficient (Wildman–Crippen LogP) is 2.65. The van der Waals surface area contributed by atoms with Gasteiger partial charge in [0.2, 0.25) is 0 Å². The second-order valence-corrected chi connectivity index (χ2v) is 2.53. The molecule has 0 unspecified atom stereocenters. The molecule has 0 aromatic heterocycles. The molecule has 0 heterocycles. The molecule has 0 fully saturated rings. The van der Waals surface area contributed by atoms with Gasteiger partial charge in [0, 0.05) is 17.7 Å². The Morgan fingerprint density at radius 3 is 3.00 bits per heavy atom. The standard InChI is InChI=1S/C9H11N3O2/c1-13-5-6-14-9-4-2-3-8(7-9)11-12-10/h2-4,7H,5-6H2,1H3. The van der Waals surface area contributed by atoms with Crippen molar-refractivity contribution >= 4 is 5.69 Å². The Bertz CT molecular complexity index is 335. The van der Waals surface area contributed by atoms with E-state index in [1.165, 1.54) is 0 Å². The molecule has 0 bridgehead atoms. The van der Waals surface area contributed by atoms with E-state index in [-0.39, 0.29) is 0 Å². The van der Waals surface area contributed by atoms with Crippen molar-refractivity contribution in [3.63, 3.8) is 0 Å². The first-order valence-electron chi connectivity index (χ1n) is 4.13. The molecule has 1 rings (SSSR count). The van der Waals surface area contributed by atoms with Crippen molar-refractivity contribution in [3.8, 4) is 5.75 Å². The predicted molar refractivity (Wildman–Crippen MR) is 52.6 cm³/mol. The van der Waals surface area contributed by atoms with Crippen LogP contribution in [0.3, 0.4) is 0 Å². The van der Waals surface area contributed by atoms with Crippen LogP contribution in [-0.4, -0.2) is 20.3 Å². The van der Waals surface area contributed by atoms with E-state index in [4.69, 9.17) is 15.0 Å². The number of ether oxygens (including phenoxy) is 2. The van der Waals surface area contributed by atoms with Crippen LogP contribution in [0.25, 0.3) is 10.4 Å². The highest BCUT2D eigenvalue weighted by atomic mass is 16.5. The Labute approximate surface area is 81.9 Å². The van der Waals surface area contributed by atoms with Gasteiger partial charge in [-0.1, -0.05) is 17.2 Å². The zero-order valence-corrected chi connectivity index (χ0v) is 7.88. The third kappa shape index (κ3) is 3.35. The third-order valence-corrected chi connectivity index (χ3v) is 1.53. The van der Waals surface area contributed by atoms with Gasteiger partial charge in [-0.25, -0.2) is 0 Å². The van der Waals surface area contributed by atoms with E-state index in [0.29, 0.717) is 24.7 Å². The minimum absolute atomic E-state index is 0.482. The van der Waals surface area contributed by atoms with Crippen LogP contribution in [0.1, 0.15) is 0 Å². The van der Waals surface area contributed by atoms with Crippen LogP contribution in [0, 0.1) is 0 Å². The van der Waals surface area contributed by atoms with Gasteiger partial charge in [0.15, 0.2) is 0 Å². The largest absolute Gasteiger partial charge is 0.491 e. The number of hydrogen-bond donors (Lipinski definition) is 0. The van der Waals surface area contributed by atoms with Crippen LogP contribution in [0.5, 0.6) is 5.75 Å². The van der Waals surface area contributed by atoms with Gasteiger partial charge in [0.05, 0.1) is 6.61 Å². The van der Waals surface area contributed by atoms with Crippen LogP contribution in [0.15, 0.2) is 29.4 Å². The first kappa shape index (κ1) is 10.4. The monoisotopic (exact) mass is 193 g/mol. The van der Waals surface area contributed by atoms with Crippen molar-refractivity contribution in [1.29, 1.82) is 0 Å². The maximum Gasteiger partial charge on any atom is 0.119 e. The molecule has 14 heavy (non-hydrogen) atoms. The van der Waals surface area contributed by atoms with Gasteiger partial charge in [0.1, 0.15) is 12.4 Å². The molecular weight excluding hydrogens is 182 g/mol. The molecule has 0 amide bonds. The number of nitrogens with zero attached hydrogens (tertiary/aromatic N) is 3. The normalized spacial score (nSPS) is 9.21. The lowest BCUT2D eigenvalue weighted by Crippen LogP contribution is -2.03. The van der Waals surface area contributed by atoms with Crippen LogP contribution < -0.4 is 4.74 Å². The number of hydrogen-bond acceptors (Lipinski definition) is 3. The van der Waals surface area contributed by atoms with E-state index in [2.05, 4.69) is 10.0 Å². The average molecular weight is 193 g/mol. The lowest BCUT2D eigenvalue weighted by Gasteiger charge is -2.05. The fourth-order valence-corrected chi connectivity index (χ4v) is 0.930. The summed E-state index contributed by atoms with van der Waals surface area (Å²) in [4.78, 5) is 2.69. The van der Waals surface area contributed by atoms with Gasteiger partial charge in [0.25, 0.3) is 0 Å². The van der Waals surface area contributed by atoms with Crippen molar-refractivity contribution in [2.45, 2.75) is 0 Å². The van der Waals surface area contributed by atoms with Crippen LogP contribution in [0.4, 0.5) is 5.69 Å². The van der Waals surface area contributed by atoms with Gasteiger partial charge < -0.3 is 9.47 Å².